The summed E-state index contributed by atoms with van der Waals surface area (Å²) in [6.45, 7) is 0.442. The van der Waals surface area contributed by atoms with E-state index >= 15 is 0 Å². The number of nitrogens with zero attached hydrogens (tertiary/aromatic N) is 7. The molecular weight excluding hydrogens is 400 g/mol. The number of rotatable bonds is 4. The number of hydrogen-bond acceptors (Lipinski definition) is 9. The Kier molecular flexibility index (Phi) is 4.26. The van der Waals surface area contributed by atoms with E-state index in [-0.39, 0.29) is 12.2 Å². The van der Waals surface area contributed by atoms with Crippen LogP contribution in [0.15, 0.2) is 53.4 Å². The number of carbonyl (C=O) groups excluding carboxylic acids is 1. The minimum absolute atomic E-state index is 0.102. The van der Waals surface area contributed by atoms with Gasteiger partial charge in [-0.05, 0) is 18.2 Å². The van der Waals surface area contributed by atoms with Gasteiger partial charge in [-0.3, -0.25) is 4.79 Å². The number of likely N-dealkylation sites (N-methyl/N-ethyl adjacent to an activating group) is 1. The molecule has 4 aromatic rings. The third kappa shape index (κ3) is 3.20. The average Bonchev–Trinajstić information content (AvgIpc) is 3.52. The van der Waals surface area contributed by atoms with Crippen molar-refractivity contribution in [2.75, 3.05) is 19.3 Å². The molecule has 11 nitrogen and oxygen atoms in total. The Balaban J connectivity index is 1.47. The maximum Gasteiger partial charge on any atom is 0.262 e. The summed E-state index contributed by atoms with van der Waals surface area (Å²) < 4.78 is 6.79. The summed E-state index contributed by atoms with van der Waals surface area (Å²) in [5.74, 6) is 0.0468. The molecule has 5 heterocycles. The molecule has 0 radical (unpaired) electrons. The van der Waals surface area contributed by atoms with Crippen molar-refractivity contribution < 1.29 is 14.4 Å². The molecule has 1 aliphatic rings. The number of likely N-dealkylation sites (tertiary alicyclic amines) is 1. The first-order chi connectivity index (χ1) is 14.9. The monoisotopic (exact) mass is 418 g/mol. The number of aliphatic hydroxyl groups is 1. The van der Waals surface area contributed by atoms with Crippen LogP contribution in [0.2, 0.25) is 0 Å². The van der Waals surface area contributed by atoms with Gasteiger partial charge in [-0.15, -0.1) is 0 Å². The summed E-state index contributed by atoms with van der Waals surface area (Å²) in [6, 6.07) is 8.64. The van der Waals surface area contributed by atoms with Crippen LogP contribution in [0.3, 0.4) is 0 Å². The van der Waals surface area contributed by atoms with Crippen LogP contribution < -0.4 is 5.73 Å². The highest BCUT2D eigenvalue weighted by molar-refractivity contribution is 5.87. The Bertz CT molecular complexity index is 1280. The number of amides is 1. The van der Waals surface area contributed by atoms with E-state index in [1.54, 1.807) is 43.7 Å². The predicted molar refractivity (Wildman–Crippen MR) is 108 cm³/mol. The molecule has 4 aromatic heterocycles. The van der Waals surface area contributed by atoms with E-state index in [4.69, 9.17) is 10.3 Å². The van der Waals surface area contributed by atoms with Gasteiger partial charge >= 0.3 is 0 Å². The lowest BCUT2D eigenvalue weighted by atomic mass is 9.98. The number of hydrogen-bond donors (Lipinski definition) is 2. The maximum absolute atomic E-state index is 12.3. The van der Waals surface area contributed by atoms with Crippen molar-refractivity contribution in [3.05, 3.63) is 54.7 Å². The largest absolute Gasteiger partial charge is 0.396 e. The quantitative estimate of drug-likeness (QED) is 0.495. The highest BCUT2D eigenvalue weighted by atomic mass is 16.5. The van der Waals surface area contributed by atoms with Crippen LogP contribution in [0.4, 0.5) is 5.69 Å². The van der Waals surface area contributed by atoms with E-state index in [0.29, 0.717) is 41.0 Å². The molecule has 0 bridgehead atoms. The molecule has 156 valence electrons. The van der Waals surface area contributed by atoms with Crippen LogP contribution in [-0.4, -0.2) is 59.4 Å². The molecular formula is C20H18N8O3. The Morgan fingerprint density at radius 3 is 2.65 bits per heavy atom. The third-order valence-electron chi connectivity index (χ3n) is 5.15. The molecule has 0 saturated carbocycles. The van der Waals surface area contributed by atoms with Crippen molar-refractivity contribution in [1.29, 1.82) is 0 Å². The summed E-state index contributed by atoms with van der Waals surface area (Å²) in [4.78, 5) is 27.1. The fourth-order valence-electron chi connectivity index (χ4n) is 3.44. The minimum atomic E-state index is -1.70. The third-order valence-corrected chi connectivity index (χ3v) is 5.15. The fourth-order valence-corrected chi connectivity index (χ4v) is 3.44. The van der Waals surface area contributed by atoms with Gasteiger partial charge < -0.3 is 20.3 Å². The van der Waals surface area contributed by atoms with E-state index in [2.05, 4.69) is 25.2 Å². The predicted octanol–water partition coefficient (Wildman–Crippen LogP) is 1.01. The van der Waals surface area contributed by atoms with Crippen molar-refractivity contribution in [2.45, 2.75) is 12.0 Å². The van der Waals surface area contributed by atoms with Gasteiger partial charge in [0.15, 0.2) is 5.76 Å². The lowest BCUT2D eigenvalue weighted by Gasteiger charge is -2.16. The van der Waals surface area contributed by atoms with Crippen LogP contribution >= 0.6 is 0 Å². The van der Waals surface area contributed by atoms with Crippen molar-refractivity contribution in [3.63, 3.8) is 0 Å². The first-order valence-electron chi connectivity index (χ1n) is 9.50. The second kappa shape index (κ2) is 6.99. The Hall–Kier alpha value is -4.12. The standard InChI is InChI=1S/C20H18N8O3/c1-27-8-6-20(30,18(27)29)17-9-16(26-31-17)14-4-2-3-13(24-14)15-5-7-22-19(25-15)28-11-12(21)10-23-28/h2-5,7,9-11,30H,6,8,21H2,1H3/t20-/m1/s1. The Labute approximate surface area is 176 Å². The smallest absolute Gasteiger partial charge is 0.262 e. The zero-order valence-corrected chi connectivity index (χ0v) is 16.5. The summed E-state index contributed by atoms with van der Waals surface area (Å²) in [7, 11) is 1.64. The summed E-state index contributed by atoms with van der Waals surface area (Å²) in [6.07, 6.45) is 4.98. The van der Waals surface area contributed by atoms with E-state index in [0.717, 1.165) is 0 Å². The van der Waals surface area contributed by atoms with Crippen LogP contribution in [-0.2, 0) is 10.4 Å². The van der Waals surface area contributed by atoms with E-state index < -0.39 is 11.5 Å². The highest BCUT2D eigenvalue weighted by Crippen LogP contribution is 2.34. The first kappa shape index (κ1) is 18.9. The molecule has 0 unspecified atom stereocenters. The minimum Gasteiger partial charge on any atom is -0.396 e. The summed E-state index contributed by atoms with van der Waals surface area (Å²) in [5.41, 5.74) is 6.59. The van der Waals surface area contributed by atoms with Crippen LogP contribution in [0, 0.1) is 0 Å². The normalized spacial score (nSPS) is 18.6. The molecule has 1 atom stereocenters. The average molecular weight is 418 g/mol. The molecule has 5 rings (SSSR count). The number of anilines is 1. The van der Waals surface area contributed by atoms with Crippen LogP contribution in [0.1, 0.15) is 12.2 Å². The van der Waals surface area contributed by atoms with Gasteiger partial charge in [0.2, 0.25) is 5.60 Å². The topological polar surface area (TPSA) is 149 Å². The number of nitrogen functional groups attached to an aromatic ring is 1. The van der Waals surface area contributed by atoms with Gasteiger partial charge in [-0.2, -0.15) is 5.10 Å². The molecule has 3 N–H and O–H groups in total. The molecule has 1 amide bonds. The van der Waals surface area contributed by atoms with Gasteiger partial charge in [0.25, 0.3) is 11.9 Å². The molecule has 1 aliphatic heterocycles. The number of pyridine rings is 1. The lowest BCUT2D eigenvalue weighted by Crippen LogP contribution is -2.35. The molecule has 31 heavy (non-hydrogen) atoms. The van der Waals surface area contributed by atoms with Gasteiger partial charge in [-0.1, -0.05) is 11.2 Å². The van der Waals surface area contributed by atoms with E-state index in [1.165, 1.54) is 15.8 Å². The second-order valence-corrected chi connectivity index (χ2v) is 7.28. The molecule has 1 saturated heterocycles. The first-order valence-corrected chi connectivity index (χ1v) is 9.50. The lowest BCUT2D eigenvalue weighted by molar-refractivity contribution is -0.144. The summed E-state index contributed by atoms with van der Waals surface area (Å²) >= 11 is 0. The zero-order chi connectivity index (χ0) is 21.6. The highest BCUT2D eigenvalue weighted by Gasteiger charge is 2.48. The van der Waals surface area contributed by atoms with Gasteiger partial charge in [0, 0.05) is 32.3 Å². The molecule has 0 aliphatic carbocycles. The Morgan fingerprint density at radius 1 is 1.16 bits per heavy atom. The van der Waals surface area contributed by atoms with Crippen LogP contribution in [0.25, 0.3) is 28.7 Å². The molecule has 1 fully saturated rings. The molecule has 11 heteroatoms. The maximum atomic E-state index is 12.3. The van der Waals surface area contributed by atoms with Gasteiger partial charge in [0.1, 0.15) is 5.69 Å². The molecule has 0 spiro atoms. The van der Waals surface area contributed by atoms with Gasteiger partial charge in [0.05, 0.1) is 35.2 Å². The number of nitrogens with two attached hydrogens (primary N) is 1. The molecule has 0 aromatic carbocycles. The van der Waals surface area contributed by atoms with E-state index in [9.17, 15) is 9.90 Å². The van der Waals surface area contributed by atoms with Crippen molar-refractivity contribution in [1.82, 2.24) is 34.8 Å². The summed E-state index contributed by atoms with van der Waals surface area (Å²) in [5, 5.41) is 18.9. The SMILES string of the molecule is CN1CC[C@@](O)(c2cc(-c3cccc(-c4ccnc(-n5cc(N)cn5)n4)n3)no2)C1=O. The van der Waals surface area contributed by atoms with Crippen molar-refractivity contribution in [2.24, 2.45) is 0 Å². The van der Waals surface area contributed by atoms with Crippen molar-refractivity contribution >= 4 is 11.6 Å². The number of aromatic nitrogens is 6. The Morgan fingerprint density at radius 2 is 1.94 bits per heavy atom. The fraction of sp³-hybridized carbons (Fsp3) is 0.200. The van der Waals surface area contributed by atoms with Gasteiger partial charge in [-0.25, -0.2) is 19.6 Å². The number of carbonyl (C=O) groups is 1. The van der Waals surface area contributed by atoms with Crippen LogP contribution in [0.5, 0.6) is 0 Å². The van der Waals surface area contributed by atoms with Crippen molar-refractivity contribution in [3.8, 4) is 28.7 Å². The zero-order valence-electron chi connectivity index (χ0n) is 16.5. The van der Waals surface area contributed by atoms with E-state index in [1.807, 2.05) is 6.07 Å². The second-order valence-electron chi connectivity index (χ2n) is 7.28.